The van der Waals surface area contributed by atoms with Crippen LogP contribution in [0.1, 0.15) is 25.0 Å². The molecule has 1 saturated heterocycles. The maximum Gasteiger partial charge on any atom is 0.299 e. The lowest BCUT2D eigenvalue weighted by Gasteiger charge is -2.17. The van der Waals surface area contributed by atoms with E-state index in [0.29, 0.717) is 0 Å². The van der Waals surface area contributed by atoms with Gasteiger partial charge in [0, 0.05) is 0 Å². The summed E-state index contributed by atoms with van der Waals surface area (Å²) in [6.45, 7) is 6.61. The summed E-state index contributed by atoms with van der Waals surface area (Å²) >= 11 is 0. The minimum atomic E-state index is -4.25. The number of ether oxygens (including phenoxy) is 2. The summed E-state index contributed by atoms with van der Waals surface area (Å²) < 4.78 is 71.3. The van der Waals surface area contributed by atoms with E-state index in [9.17, 15) is 16.8 Å². The fraction of sp³-hybridized carbons (Fsp3) is 0.368. The van der Waals surface area contributed by atoms with Crippen LogP contribution >= 0.6 is 0 Å². The Hall–Kier alpha value is -1.82. The van der Waals surface area contributed by atoms with Crippen LogP contribution in [-0.4, -0.2) is 35.2 Å². The van der Waals surface area contributed by atoms with Crippen LogP contribution in [0.4, 0.5) is 0 Å². The number of hydrogen-bond acceptors (Lipinski definition) is 8. The smallest absolute Gasteiger partial charge is 0.299 e. The molecule has 1 heterocycles. The Morgan fingerprint density at radius 1 is 0.690 bits per heavy atom. The quantitative estimate of drug-likeness (QED) is 0.629. The SMILES string of the molecule is Cc1ccc(S(=O)(=O)OC2OC(C)(C)OC2OS(=O)(=O)c2ccc(C)cc2)cc1. The second-order valence-electron chi connectivity index (χ2n) is 7.10. The van der Waals surface area contributed by atoms with Crippen LogP contribution in [0.5, 0.6) is 0 Å². The first-order valence-electron chi connectivity index (χ1n) is 8.74. The molecular formula is C19H22O8S2. The van der Waals surface area contributed by atoms with Crippen LogP contribution in [0.15, 0.2) is 58.3 Å². The third kappa shape index (κ3) is 5.21. The number of aryl methyl sites for hydroxylation is 2. The summed E-state index contributed by atoms with van der Waals surface area (Å²) in [5, 5.41) is 0. The Morgan fingerprint density at radius 2 is 1.00 bits per heavy atom. The van der Waals surface area contributed by atoms with Gasteiger partial charge < -0.3 is 9.47 Å². The third-order valence-electron chi connectivity index (χ3n) is 4.08. The molecule has 8 nitrogen and oxygen atoms in total. The molecule has 0 radical (unpaired) electrons. The van der Waals surface area contributed by atoms with Crippen LogP contribution in [0.2, 0.25) is 0 Å². The Morgan fingerprint density at radius 3 is 1.31 bits per heavy atom. The fourth-order valence-electron chi connectivity index (χ4n) is 2.60. The molecule has 2 aromatic carbocycles. The molecular weight excluding hydrogens is 420 g/mol. The van der Waals surface area contributed by atoms with Gasteiger partial charge in [-0.2, -0.15) is 16.8 Å². The summed E-state index contributed by atoms with van der Waals surface area (Å²) in [4.78, 5) is -0.201. The van der Waals surface area contributed by atoms with Crippen molar-refractivity contribution in [1.82, 2.24) is 0 Å². The van der Waals surface area contributed by atoms with E-state index in [4.69, 9.17) is 17.8 Å². The standard InChI is InChI=1S/C19H22O8S2/c1-13-5-9-15(10-6-13)28(20,21)26-17-18(25-19(3,4)24-17)27-29(22,23)16-11-7-14(2)8-12-16/h5-12,17-18H,1-4H3. The monoisotopic (exact) mass is 442 g/mol. The Kier molecular flexibility index (Phi) is 5.87. The summed E-state index contributed by atoms with van der Waals surface area (Å²) in [7, 11) is -8.50. The van der Waals surface area contributed by atoms with E-state index in [1.54, 1.807) is 24.3 Å². The first-order valence-corrected chi connectivity index (χ1v) is 11.6. The maximum absolute atomic E-state index is 12.6. The molecule has 1 fully saturated rings. The second kappa shape index (κ2) is 7.78. The highest BCUT2D eigenvalue weighted by Gasteiger charge is 2.47. The van der Waals surface area contributed by atoms with Crippen molar-refractivity contribution in [2.75, 3.05) is 0 Å². The average Bonchev–Trinajstić information content (AvgIpc) is 2.87. The lowest BCUT2D eigenvalue weighted by atomic mass is 10.2. The molecule has 0 aromatic heterocycles. The second-order valence-corrected chi connectivity index (χ2v) is 10.2. The van der Waals surface area contributed by atoms with Crippen molar-refractivity contribution in [2.24, 2.45) is 0 Å². The number of benzene rings is 2. The van der Waals surface area contributed by atoms with Crippen molar-refractivity contribution in [1.29, 1.82) is 0 Å². The van der Waals surface area contributed by atoms with Crippen molar-refractivity contribution in [3.63, 3.8) is 0 Å². The maximum atomic E-state index is 12.6. The van der Waals surface area contributed by atoms with Gasteiger partial charge in [-0.1, -0.05) is 35.4 Å². The molecule has 0 spiro atoms. The molecule has 0 aliphatic carbocycles. The molecule has 2 unspecified atom stereocenters. The molecule has 0 amide bonds. The molecule has 1 aliphatic rings. The van der Waals surface area contributed by atoms with Crippen molar-refractivity contribution < 1.29 is 34.7 Å². The minimum Gasteiger partial charge on any atom is -0.315 e. The molecule has 3 rings (SSSR count). The van der Waals surface area contributed by atoms with Crippen molar-refractivity contribution in [3.05, 3.63) is 59.7 Å². The topological polar surface area (TPSA) is 105 Å². The van der Waals surface area contributed by atoms with E-state index in [-0.39, 0.29) is 9.79 Å². The zero-order valence-corrected chi connectivity index (χ0v) is 18.0. The van der Waals surface area contributed by atoms with Crippen LogP contribution in [0.25, 0.3) is 0 Å². The average molecular weight is 443 g/mol. The molecule has 2 atom stereocenters. The molecule has 2 aromatic rings. The van der Waals surface area contributed by atoms with E-state index >= 15 is 0 Å². The molecule has 0 saturated carbocycles. The van der Waals surface area contributed by atoms with Crippen molar-refractivity contribution in [2.45, 2.75) is 55.9 Å². The predicted molar refractivity (Wildman–Crippen MR) is 103 cm³/mol. The fourth-order valence-corrected chi connectivity index (χ4v) is 4.52. The first-order chi connectivity index (χ1) is 13.4. The van der Waals surface area contributed by atoms with Gasteiger partial charge in [-0.3, -0.25) is 0 Å². The van der Waals surface area contributed by atoms with E-state index in [2.05, 4.69) is 0 Å². The lowest BCUT2D eigenvalue weighted by Crippen LogP contribution is -2.32. The van der Waals surface area contributed by atoms with E-state index in [1.165, 1.54) is 38.1 Å². The molecule has 158 valence electrons. The predicted octanol–water partition coefficient (Wildman–Crippen LogP) is 2.85. The van der Waals surface area contributed by atoms with Gasteiger partial charge in [0.25, 0.3) is 20.2 Å². The summed E-state index contributed by atoms with van der Waals surface area (Å²) in [6.07, 6.45) is -3.23. The number of hydrogen-bond donors (Lipinski definition) is 0. The minimum absolute atomic E-state index is 0.100. The highest BCUT2D eigenvalue weighted by atomic mass is 32.2. The van der Waals surface area contributed by atoms with Gasteiger partial charge in [-0.05, 0) is 52.0 Å². The van der Waals surface area contributed by atoms with Gasteiger partial charge >= 0.3 is 0 Å². The van der Waals surface area contributed by atoms with Gasteiger partial charge in [0.15, 0.2) is 5.79 Å². The van der Waals surface area contributed by atoms with Gasteiger partial charge in [0.05, 0.1) is 9.79 Å². The molecule has 0 N–H and O–H groups in total. The lowest BCUT2D eigenvalue weighted by molar-refractivity contribution is -0.173. The Labute approximate surface area is 170 Å². The zero-order chi connectivity index (χ0) is 21.4. The largest absolute Gasteiger partial charge is 0.315 e. The summed E-state index contributed by atoms with van der Waals surface area (Å²) in [6, 6.07) is 12.0. The summed E-state index contributed by atoms with van der Waals surface area (Å²) in [5.74, 6) is -1.32. The van der Waals surface area contributed by atoms with Gasteiger partial charge in [-0.15, -0.1) is 0 Å². The molecule has 29 heavy (non-hydrogen) atoms. The Balaban J connectivity index is 1.83. The van der Waals surface area contributed by atoms with Crippen molar-refractivity contribution >= 4 is 20.2 Å². The molecule has 1 aliphatic heterocycles. The van der Waals surface area contributed by atoms with E-state index < -0.39 is 38.6 Å². The molecule has 0 bridgehead atoms. The Bertz CT molecular complexity index is 985. The van der Waals surface area contributed by atoms with E-state index in [0.717, 1.165) is 11.1 Å². The van der Waals surface area contributed by atoms with Crippen molar-refractivity contribution in [3.8, 4) is 0 Å². The van der Waals surface area contributed by atoms with E-state index in [1.807, 2.05) is 13.8 Å². The highest BCUT2D eigenvalue weighted by Crippen LogP contribution is 2.33. The van der Waals surface area contributed by atoms with Gasteiger partial charge in [0.1, 0.15) is 0 Å². The van der Waals surface area contributed by atoms with Crippen LogP contribution in [-0.2, 0) is 38.1 Å². The number of rotatable bonds is 6. The molecule has 10 heteroatoms. The van der Waals surface area contributed by atoms with Crippen LogP contribution in [0.3, 0.4) is 0 Å². The summed E-state index contributed by atoms with van der Waals surface area (Å²) in [5.41, 5.74) is 1.74. The van der Waals surface area contributed by atoms with Gasteiger partial charge in [0.2, 0.25) is 12.6 Å². The first kappa shape index (κ1) is 21.9. The highest BCUT2D eigenvalue weighted by molar-refractivity contribution is 7.87. The zero-order valence-electron chi connectivity index (χ0n) is 16.4. The van der Waals surface area contributed by atoms with Crippen LogP contribution in [0, 0.1) is 13.8 Å². The van der Waals surface area contributed by atoms with Crippen LogP contribution < -0.4 is 0 Å². The third-order valence-corrected chi connectivity index (χ3v) is 6.67. The normalized spacial score (nSPS) is 21.9. The van der Waals surface area contributed by atoms with Gasteiger partial charge in [-0.25, -0.2) is 8.37 Å².